The molecule has 0 aliphatic carbocycles. The summed E-state index contributed by atoms with van der Waals surface area (Å²) in [4.78, 5) is 11.7. The second kappa shape index (κ2) is 2.86. The van der Waals surface area contributed by atoms with E-state index in [1.807, 2.05) is 0 Å². The van der Waals surface area contributed by atoms with Gasteiger partial charge in [0, 0.05) is 12.4 Å². The van der Waals surface area contributed by atoms with Crippen LogP contribution in [0.2, 0.25) is 5.28 Å². The van der Waals surface area contributed by atoms with Crippen LogP contribution in [0.3, 0.4) is 0 Å². The van der Waals surface area contributed by atoms with Crippen molar-refractivity contribution in [2.45, 2.75) is 0 Å². The van der Waals surface area contributed by atoms with Gasteiger partial charge in [0.2, 0.25) is 11.1 Å². The molecule has 0 fully saturated rings. The molecule has 0 unspecified atom stereocenters. The number of H-pyrrole nitrogens is 1. The summed E-state index contributed by atoms with van der Waals surface area (Å²) >= 11 is 5.53. The van der Waals surface area contributed by atoms with Gasteiger partial charge in [-0.25, -0.2) is 10.1 Å². The average Bonchev–Trinajstić information content (AvgIpc) is 2.54. The summed E-state index contributed by atoms with van der Waals surface area (Å²) < 4.78 is 0. The summed E-state index contributed by atoms with van der Waals surface area (Å²) in [6, 6.07) is 0. The van der Waals surface area contributed by atoms with E-state index in [0.717, 1.165) is 0 Å². The van der Waals surface area contributed by atoms with E-state index in [1.165, 1.54) is 0 Å². The first-order chi connectivity index (χ1) is 5.86. The fourth-order valence-electron chi connectivity index (χ4n) is 0.771. The molecule has 0 radical (unpaired) electrons. The maximum Gasteiger partial charge on any atom is 0.218 e. The van der Waals surface area contributed by atoms with E-state index in [-0.39, 0.29) is 5.28 Å². The molecule has 0 atom stereocenters. The first-order valence-electron chi connectivity index (χ1n) is 3.20. The van der Waals surface area contributed by atoms with Gasteiger partial charge in [0.25, 0.3) is 0 Å². The van der Waals surface area contributed by atoms with Crippen molar-refractivity contribution in [2.24, 2.45) is 0 Å². The molecular weight excluding hydrogens is 178 g/mol. The molecule has 0 aliphatic heterocycles. The third-order valence-electron chi connectivity index (χ3n) is 1.25. The summed E-state index contributed by atoms with van der Waals surface area (Å²) in [5.41, 5.74) is 0.598. The van der Waals surface area contributed by atoms with Crippen LogP contribution < -0.4 is 0 Å². The van der Waals surface area contributed by atoms with Crippen LogP contribution in [0, 0.1) is 0 Å². The molecule has 0 aromatic carbocycles. The summed E-state index contributed by atoms with van der Waals surface area (Å²) in [5, 5.41) is 6.57. The van der Waals surface area contributed by atoms with Crippen molar-refractivity contribution in [3.63, 3.8) is 0 Å². The Balaban J connectivity index is 2.45. The SMILES string of the molecule is Clc1nc(-c2cnccn2)n[nH]1. The van der Waals surface area contributed by atoms with Gasteiger partial charge in [-0.1, -0.05) is 0 Å². The number of nitrogens with one attached hydrogen (secondary N) is 1. The number of aromatic nitrogens is 5. The molecule has 0 saturated heterocycles. The van der Waals surface area contributed by atoms with E-state index in [2.05, 4.69) is 25.1 Å². The average molecular weight is 182 g/mol. The largest absolute Gasteiger partial charge is 0.261 e. The highest BCUT2D eigenvalue weighted by Crippen LogP contribution is 2.10. The number of nitrogens with zero attached hydrogens (tertiary/aromatic N) is 4. The van der Waals surface area contributed by atoms with Gasteiger partial charge in [-0.15, -0.1) is 0 Å². The van der Waals surface area contributed by atoms with Crippen LogP contribution >= 0.6 is 11.6 Å². The van der Waals surface area contributed by atoms with E-state index >= 15 is 0 Å². The van der Waals surface area contributed by atoms with E-state index in [0.29, 0.717) is 11.5 Å². The Morgan fingerprint density at radius 3 is 2.83 bits per heavy atom. The fourth-order valence-corrected chi connectivity index (χ4v) is 0.893. The van der Waals surface area contributed by atoms with Gasteiger partial charge < -0.3 is 0 Å². The zero-order chi connectivity index (χ0) is 8.39. The Hall–Kier alpha value is -1.49. The summed E-state index contributed by atoms with van der Waals surface area (Å²) in [6.07, 6.45) is 4.72. The highest BCUT2D eigenvalue weighted by molar-refractivity contribution is 6.28. The minimum Gasteiger partial charge on any atom is -0.261 e. The van der Waals surface area contributed by atoms with Crippen molar-refractivity contribution >= 4 is 11.6 Å². The molecule has 2 heterocycles. The standard InChI is InChI=1S/C6H4ClN5/c7-6-10-5(11-12-6)4-3-8-1-2-9-4/h1-3H,(H,10,11,12). The molecule has 0 aliphatic rings. The molecule has 2 rings (SSSR count). The van der Waals surface area contributed by atoms with Crippen molar-refractivity contribution in [3.05, 3.63) is 23.9 Å². The number of hydrogen-bond acceptors (Lipinski definition) is 4. The monoisotopic (exact) mass is 181 g/mol. The molecule has 2 aromatic heterocycles. The van der Waals surface area contributed by atoms with Crippen molar-refractivity contribution < 1.29 is 0 Å². The van der Waals surface area contributed by atoms with E-state index in [4.69, 9.17) is 11.6 Å². The Kier molecular flexibility index (Phi) is 1.71. The van der Waals surface area contributed by atoms with Crippen LogP contribution in [0.25, 0.3) is 11.5 Å². The van der Waals surface area contributed by atoms with E-state index in [1.54, 1.807) is 18.6 Å². The lowest BCUT2D eigenvalue weighted by Gasteiger charge is -1.88. The smallest absolute Gasteiger partial charge is 0.218 e. The molecule has 1 N–H and O–H groups in total. The molecule has 0 amide bonds. The molecular formula is C6H4ClN5. The number of hydrogen-bond donors (Lipinski definition) is 1. The zero-order valence-electron chi connectivity index (χ0n) is 5.90. The van der Waals surface area contributed by atoms with Crippen molar-refractivity contribution in [1.29, 1.82) is 0 Å². The Bertz CT molecular complexity index is 370. The third-order valence-corrected chi connectivity index (χ3v) is 1.42. The van der Waals surface area contributed by atoms with Crippen LogP contribution in [0.4, 0.5) is 0 Å². The summed E-state index contributed by atoms with van der Waals surface area (Å²) in [7, 11) is 0. The maximum absolute atomic E-state index is 5.53. The second-order valence-electron chi connectivity index (χ2n) is 2.04. The molecule has 12 heavy (non-hydrogen) atoms. The highest BCUT2D eigenvalue weighted by atomic mass is 35.5. The molecule has 0 bridgehead atoms. The number of aromatic amines is 1. The minimum atomic E-state index is 0.246. The lowest BCUT2D eigenvalue weighted by Crippen LogP contribution is -1.85. The molecule has 2 aromatic rings. The second-order valence-corrected chi connectivity index (χ2v) is 2.40. The van der Waals surface area contributed by atoms with Gasteiger partial charge in [0.1, 0.15) is 5.69 Å². The van der Waals surface area contributed by atoms with E-state index < -0.39 is 0 Å². The Morgan fingerprint density at radius 1 is 1.33 bits per heavy atom. The van der Waals surface area contributed by atoms with Crippen molar-refractivity contribution in [2.75, 3.05) is 0 Å². The van der Waals surface area contributed by atoms with Gasteiger partial charge in [-0.05, 0) is 11.6 Å². The molecule has 60 valence electrons. The van der Waals surface area contributed by atoms with Gasteiger partial charge in [-0.3, -0.25) is 4.98 Å². The Labute approximate surface area is 72.8 Å². The van der Waals surface area contributed by atoms with Crippen LogP contribution in [-0.4, -0.2) is 25.1 Å². The molecule has 0 saturated carbocycles. The first-order valence-corrected chi connectivity index (χ1v) is 3.58. The topological polar surface area (TPSA) is 67.3 Å². The van der Waals surface area contributed by atoms with Gasteiger partial charge >= 0.3 is 0 Å². The lowest BCUT2D eigenvalue weighted by atomic mass is 10.4. The van der Waals surface area contributed by atoms with Gasteiger partial charge in [-0.2, -0.15) is 10.1 Å². The summed E-state index contributed by atoms with van der Waals surface area (Å²) in [6.45, 7) is 0. The predicted molar refractivity (Wildman–Crippen MR) is 42.4 cm³/mol. The molecule has 5 nitrogen and oxygen atoms in total. The van der Waals surface area contributed by atoms with Crippen LogP contribution in [-0.2, 0) is 0 Å². The third kappa shape index (κ3) is 1.26. The molecule has 6 heteroatoms. The van der Waals surface area contributed by atoms with E-state index in [9.17, 15) is 0 Å². The van der Waals surface area contributed by atoms with Crippen LogP contribution in [0.15, 0.2) is 18.6 Å². The van der Waals surface area contributed by atoms with Crippen molar-refractivity contribution in [1.82, 2.24) is 25.1 Å². The van der Waals surface area contributed by atoms with Crippen molar-refractivity contribution in [3.8, 4) is 11.5 Å². The van der Waals surface area contributed by atoms with Gasteiger partial charge in [0.05, 0.1) is 6.20 Å². The lowest BCUT2D eigenvalue weighted by molar-refractivity contribution is 1.08. The highest BCUT2D eigenvalue weighted by Gasteiger charge is 2.04. The first kappa shape index (κ1) is 7.17. The predicted octanol–water partition coefficient (Wildman–Crippen LogP) is 0.915. The maximum atomic E-state index is 5.53. The quantitative estimate of drug-likeness (QED) is 0.710. The molecule has 0 spiro atoms. The number of halogens is 1. The van der Waals surface area contributed by atoms with Crippen LogP contribution in [0.1, 0.15) is 0 Å². The van der Waals surface area contributed by atoms with Gasteiger partial charge in [0.15, 0.2) is 0 Å². The normalized spacial score (nSPS) is 10.1. The zero-order valence-corrected chi connectivity index (χ0v) is 6.65. The fraction of sp³-hybridized carbons (Fsp3) is 0. The minimum absolute atomic E-state index is 0.246. The van der Waals surface area contributed by atoms with Crippen LogP contribution in [0.5, 0.6) is 0 Å². The summed E-state index contributed by atoms with van der Waals surface area (Å²) in [5.74, 6) is 0.452. The number of rotatable bonds is 1. The Morgan fingerprint density at radius 2 is 2.25 bits per heavy atom.